The van der Waals surface area contributed by atoms with Crippen molar-refractivity contribution in [1.82, 2.24) is 9.97 Å². The second kappa shape index (κ2) is 4.69. The van der Waals surface area contributed by atoms with Crippen LogP contribution in [0.5, 0.6) is 0 Å². The van der Waals surface area contributed by atoms with Crippen molar-refractivity contribution in [2.45, 2.75) is 0 Å². The molecule has 1 aromatic heterocycles. The van der Waals surface area contributed by atoms with Gasteiger partial charge in [-0.15, -0.1) is 0 Å². The van der Waals surface area contributed by atoms with Crippen LogP contribution in [0.3, 0.4) is 0 Å². The Labute approximate surface area is 108 Å². The minimum atomic E-state index is -1.35. The summed E-state index contributed by atoms with van der Waals surface area (Å²) in [4.78, 5) is 28.3. The number of benzene rings is 1. The largest absolute Gasteiger partial charge is 0.477 e. The van der Waals surface area contributed by atoms with Crippen LogP contribution in [0.25, 0.3) is 11.4 Å². The van der Waals surface area contributed by atoms with Crippen molar-refractivity contribution >= 4 is 21.9 Å². The molecule has 0 aliphatic heterocycles. The maximum absolute atomic E-state index is 12.9. The predicted molar refractivity (Wildman–Crippen MR) is 64.9 cm³/mol. The van der Waals surface area contributed by atoms with Gasteiger partial charge in [-0.1, -0.05) is 0 Å². The lowest BCUT2D eigenvalue weighted by molar-refractivity contribution is 0.0694. The second-order valence-corrected chi connectivity index (χ2v) is 4.26. The van der Waals surface area contributed by atoms with Crippen molar-refractivity contribution in [3.8, 4) is 11.4 Å². The van der Waals surface area contributed by atoms with Gasteiger partial charge in [-0.25, -0.2) is 14.2 Å². The lowest BCUT2D eigenvalue weighted by Gasteiger charge is -2.04. The molecule has 92 valence electrons. The van der Waals surface area contributed by atoms with E-state index in [1.54, 1.807) is 0 Å². The second-order valence-electron chi connectivity index (χ2n) is 3.40. The number of aromatic carboxylic acids is 1. The number of H-pyrrole nitrogens is 1. The fourth-order valence-corrected chi connectivity index (χ4v) is 1.90. The molecular weight excluding hydrogens is 307 g/mol. The minimum Gasteiger partial charge on any atom is -0.477 e. The Morgan fingerprint density at radius 2 is 2.17 bits per heavy atom. The molecule has 0 unspecified atom stereocenters. The summed E-state index contributed by atoms with van der Waals surface area (Å²) in [5, 5.41) is 8.70. The van der Waals surface area contributed by atoms with Crippen molar-refractivity contribution in [3.05, 3.63) is 50.6 Å². The molecule has 0 spiro atoms. The van der Waals surface area contributed by atoms with Gasteiger partial charge in [0.15, 0.2) is 0 Å². The van der Waals surface area contributed by atoms with Gasteiger partial charge in [-0.05, 0) is 34.1 Å². The van der Waals surface area contributed by atoms with Gasteiger partial charge in [0, 0.05) is 16.2 Å². The third-order valence-electron chi connectivity index (χ3n) is 2.22. The highest BCUT2D eigenvalue weighted by atomic mass is 79.9. The number of halogens is 2. The third kappa shape index (κ3) is 2.30. The normalized spacial score (nSPS) is 10.3. The molecule has 0 aliphatic carbocycles. The van der Waals surface area contributed by atoms with Crippen molar-refractivity contribution in [2.24, 2.45) is 0 Å². The van der Waals surface area contributed by atoms with Crippen LogP contribution in [0.2, 0.25) is 0 Å². The number of nitrogens with one attached hydrogen (secondary N) is 1. The van der Waals surface area contributed by atoms with Gasteiger partial charge in [0.2, 0.25) is 0 Å². The maximum Gasteiger partial charge on any atom is 0.342 e. The predicted octanol–water partition coefficient (Wildman–Crippen LogP) is 2.04. The third-order valence-corrected chi connectivity index (χ3v) is 2.87. The van der Waals surface area contributed by atoms with Gasteiger partial charge in [-0.3, -0.25) is 4.79 Å². The van der Waals surface area contributed by atoms with E-state index >= 15 is 0 Å². The Hall–Kier alpha value is -2.02. The topological polar surface area (TPSA) is 83.0 Å². The van der Waals surface area contributed by atoms with Gasteiger partial charge in [0.25, 0.3) is 5.56 Å². The van der Waals surface area contributed by atoms with Crippen LogP contribution in [-0.4, -0.2) is 21.0 Å². The van der Waals surface area contributed by atoms with Crippen LogP contribution in [0, 0.1) is 5.82 Å². The molecule has 18 heavy (non-hydrogen) atoms. The first-order chi connectivity index (χ1) is 8.49. The summed E-state index contributed by atoms with van der Waals surface area (Å²) in [6.45, 7) is 0. The van der Waals surface area contributed by atoms with Gasteiger partial charge in [0.1, 0.15) is 17.2 Å². The van der Waals surface area contributed by atoms with E-state index in [1.165, 1.54) is 18.2 Å². The Bertz CT molecular complexity index is 684. The summed E-state index contributed by atoms with van der Waals surface area (Å²) in [7, 11) is 0. The highest BCUT2D eigenvalue weighted by molar-refractivity contribution is 9.10. The van der Waals surface area contributed by atoms with Crippen LogP contribution in [0.15, 0.2) is 33.7 Å². The summed E-state index contributed by atoms with van der Waals surface area (Å²) in [6, 6.07) is 3.86. The smallest absolute Gasteiger partial charge is 0.342 e. The number of nitrogens with zero attached hydrogens (tertiary/aromatic N) is 1. The summed E-state index contributed by atoms with van der Waals surface area (Å²) in [5.74, 6) is -1.62. The summed E-state index contributed by atoms with van der Waals surface area (Å²) < 4.78 is 13.3. The Morgan fingerprint density at radius 3 is 2.72 bits per heavy atom. The molecule has 0 bridgehead atoms. The quantitative estimate of drug-likeness (QED) is 0.889. The first-order valence-electron chi connectivity index (χ1n) is 4.77. The van der Waals surface area contributed by atoms with E-state index in [1.807, 2.05) is 0 Å². The number of carboxylic acid groups (broad SMARTS) is 1. The number of hydrogen-bond donors (Lipinski definition) is 2. The molecule has 1 aromatic carbocycles. The van der Waals surface area contributed by atoms with E-state index < -0.39 is 22.9 Å². The molecule has 2 N–H and O–H groups in total. The highest BCUT2D eigenvalue weighted by Crippen LogP contribution is 2.25. The average Bonchev–Trinajstić information content (AvgIpc) is 2.28. The van der Waals surface area contributed by atoms with E-state index in [-0.39, 0.29) is 5.82 Å². The summed E-state index contributed by atoms with van der Waals surface area (Å²) in [5.41, 5.74) is -0.744. The van der Waals surface area contributed by atoms with Gasteiger partial charge in [-0.2, -0.15) is 0 Å². The molecule has 0 radical (unpaired) electrons. The molecule has 1 heterocycles. The van der Waals surface area contributed by atoms with Crippen LogP contribution < -0.4 is 5.56 Å². The molecule has 0 atom stereocenters. The first-order valence-corrected chi connectivity index (χ1v) is 5.56. The molecule has 7 heteroatoms. The fourth-order valence-electron chi connectivity index (χ4n) is 1.37. The van der Waals surface area contributed by atoms with Gasteiger partial charge >= 0.3 is 5.97 Å². The summed E-state index contributed by atoms with van der Waals surface area (Å²) >= 11 is 3.14. The lowest BCUT2D eigenvalue weighted by atomic mass is 10.2. The van der Waals surface area contributed by atoms with E-state index in [2.05, 4.69) is 25.9 Å². The molecule has 2 rings (SSSR count). The number of aromatic nitrogens is 2. The fraction of sp³-hybridized carbons (Fsp3) is 0. The molecular formula is C11H6BrFN2O3. The maximum atomic E-state index is 12.9. The van der Waals surface area contributed by atoms with E-state index in [4.69, 9.17) is 5.11 Å². The van der Waals surface area contributed by atoms with Crippen molar-refractivity contribution < 1.29 is 14.3 Å². The number of carbonyl (C=O) groups is 1. The molecule has 0 saturated heterocycles. The molecule has 5 nitrogen and oxygen atoms in total. The van der Waals surface area contributed by atoms with Crippen LogP contribution in [0.1, 0.15) is 10.4 Å². The number of hydrogen-bond acceptors (Lipinski definition) is 3. The standard InChI is InChI=1S/C11H6BrFN2O3/c12-8-3-5(13)1-2-6(8)9-14-4-7(11(17)18)10(16)15-9/h1-4H,(H,17,18)(H,14,15,16). The number of rotatable bonds is 2. The monoisotopic (exact) mass is 312 g/mol. The molecule has 0 saturated carbocycles. The van der Waals surface area contributed by atoms with E-state index in [9.17, 15) is 14.0 Å². The highest BCUT2D eigenvalue weighted by Gasteiger charge is 2.12. The lowest BCUT2D eigenvalue weighted by Crippen LogP contribution is -2.18. The zero-order chi connectivity index (χ0) is 13.3. The molecule has 0 fully saturated rings. The van der Waals surface area contributed by atoms with Gasteiger partial charge < -0.3 is 10.1 Å². The zero-order valence-electron chi connectivity index (χ0n) is 8.78. The van der Waals surface area contributed by atoms with Crippen molar-refractivity contribution in [1.29, 1.82) is 0 Å². The van der Waals surface area contributed by atoms with E-state index in [0.717, 1.165) is 6.20 Å². The van der Waals surface area contributed by atoms with E-state index in [0.29, 0.717) is 10.0 Å². The zero-order valence-corrected chi connectivity index (χ0v) is 10.4. The summed E-state index contributed by atoms with van der Waals surface area (Å²) in [6.07, 6.45) is 0.965. The van der Waals surface area contributed by atoms with Crippen molar-refractivity contribution in [2.75, 3.05) is 0 Å². The van der Waals surface area contributed by atoms with Crippen LogP contribution in [0.4, 0.5) is 4.39 Å². The average molecular weight is 313 g/mol. The number of carboxylic acids is 1. The molecule has 0 amide bonds. The van der Waals surface area contributed by atoms with Crippen LogP contribution >= 0.6 is 15.9 Å². The van der Waals surface area contributed by atoms with Gasteiger partial charge in [0.05, 0.1) is 0 Å². The van der Waals surface area contributed by atoms with Crippen molar-refractivity contribution in [3.63, 3.8) is 0 Å². The minimum absolute atomic E-state index is 0.164. The molecule has 0 aliphatic rings. The SMILES string of the molecule is O=C(O)c1cnc(-c2ccc(F)cc2Br)[nH]c1=O. The first kappa shape index (κ1) is 12.4. The number of aromatic amines is 1. The Morgan fingerprint density at radius 1 is 1.44 bits per heavy atom. The Kier molecular flexibility index (Phi) is 3.24. The van der Waals surface area contributed by atoms with Crippen LogP contribution in [-0.2, 0) is 0 Å². The molecule has 2 aromatic rings. The Balaban J connectivity index is 2.56.